The number of rotatable bonds is 15. The van der Waals surface area contributed by atoms with Crippen LogP contribution in [0.25, 0.3) is 0 Å². The Hall–Kier alpha value is -2.16. The number of hydrogen-bond acceptors (Lipinski definition) is 2. The van der Waals surface area contributed by atoms with Gasteiger partial charge in [0.25, 0.3) is 0 Å². The average Bonchev–Trinajstić information content (AvgIpc) is 2.80. The second-order valence-electron chi connectivity index (χ2n) is 8.89. The first-order chi connectivity index (χ1) is 15.2. The maximum absolute atomic E-state index is 4.40. The van der Waals surface area contributed by atoms with Crippen LogP contribution in [-0.2, 0) is 12.8 Å². The number of hydrogen-bond donors (Lipinski definition) is 1. The number of nitrogens with one attached hydrogen (secondary N) is 1. The minimum atomic E-state index is 0.832. The first-order valence-corrected chi connectivity index (χ1v) is 12.5. The van der Waals surface area contributed by atoms with Gasteiger partial charge in [0.15, 0.2) is 0 Å². The molecule has 0 aliphatic rings. The minimum Gasteiger partial charge on any atom is -0.260 e. The Balaban J connectivity index is 1.88. The standard InChI is InChI=1S/C28H43N3/c1-5-11-23(7-3)17-19-25-13-9-15-27(21-25)29-31-30-28-16-10-14-26(22-28)20-18-24(8-4)12-6-2/h9-10,13-16,21-24H,5-8,11-12,17-20H2,1-4H3,(H,29,30). The molecular weight excluding hydrogens is 378 g/mol. The molecule has 2 atom stereocenters. The summed E-state index contributed by atoms with van der Waals surface area (Å²) in [6, 6.07) is 17.1. The molecule has 2 rings (SSSR count). The summed E-state index contributed by atoms with van der Waals surface area (Å²) in [5, 5.41) is 8.65. The third-order valence-corrected chi connectivity index (χ3v) is 6.41. The van der Waals surface area contributed by atoms with Gasteiger partial charge in [0.2, 0.25) is 0 Å². The summed E-state index contributed by atoms with van der Waals surface area (Å²) in [5.41, 5.74) is 7.75. The van der Waals surface area contributed by atoms with Crippen molar-refractivity contribution in [1.82, 2.24) is 0 Å². The highest BCUT2D eigenvalue weighted by Gasteiger charge is 2.07. The number of anilines is 1. The molecule has 31 heavy (non-hydrogen) atoms. The van der Waals surface area contributed by atoms with Crippen LogP contribution in [0.1, 0.15) is 90.2 Å². The molecule has 0 fully saturated rings. The monoisotopic (exact) mass is 421 g/mol. The van der Waals surface area contributed by atoms with E-state index in [4.69, 9.17) is 0 Å². The molecule has 0 aliphatic heterocycles. The molecule has 0 saturated carbocycles. The zero-order valence-electron chi connectivity index (χ0n) is 20.2. The highest BCUT2D eigenvalue weighted by molar-refractivity contribution is 5.45. The van der Waals surface area contributed by atoms with Crippen molar-refractivity contribution in [2.75, 3.05) is 5.43 Å². The topological polar surface area (TPSA) is 36.8 Å². The molecule has 0 aromatic heterocycles. The van der Waals surface area contributed by atoms with E-state index in [1.165, 1.54) is 62.5 Å². The Kier molecular flexibility index (Phi) is 12.0. The lowest BCUT2D eigenvalue weighted by molar-refractivity contribution is 0.432. The van der Waals surface area contributed by atoms with E-state index in [0.29, 0.717) is 0 Å². The lowest BCUT2D eigenvalue weighted by Gasteiger charge is -2.13. The normalized spacial score (nSPS) is 13.4. The Bertz CT molecular complexity index is 768. The fourth-order valence-electron chi connectivity index (χ4n) is 4.37. The van der Waals surface area contributed by atoms with E-state index in [2.05, 4.69) is 85.9 Å². The molecule has 2 aromatic rings. The highest BCUT2D eigenvalue weighted by Crippen LogP contribution is 2.22. The molecule has 0 spiro atoms. The fraction of sp³-hybridized carbons (Fsp3) is 0.571. The lowest BCUT2D eigenvalue weighted by Crippen LogP contribution is -2.01. The first-order valence-electron chi connectivity index (χ1n) is 12.5. The van der Waals surface area contributed by atoms with Crippen LogP contribution in [0, 0.1) is 11.8 Å². The summed E-state index contributed by atoms with van der Waals surface area (Å²) >= 11 is 0. The summed E-state index contributed by atoms with van der Waals surface area (Å²) in [5.74, 6) is 1.67. The third kappa shape index (κ3) is 9.67. The lowest BCUT2D eigenvalue weighted by atomic mass is 9.93. The van der Waals surface area contributed by atoms with Crippen LogP contribution in [0.3, 0.4) is 0 Å². The van der Waals surface area contributed by atoms with Crippen molar-refractivity contribution in [3.8, 4) is 0 Å². The second-order valence-corrected chi connectivity index (χ2v) is 8.89. The molecule has 0 aliphatic carbocycles. The zero-order chi connectivity index (χ0) is 22.3. The van der Waals surface area contributed by atoms with Gasteiger partial charge < -0.3 is 0 Å². The van der Waals surface area contributed by atoms with Crippen molar-refractivity contribution in [1.29, 1.82) is 0 Å². The van der Waals surface area contributed by atoms with Crippen LogP contribution in [0.2, 0.25) is 0 Å². The molecule has 2 unspecified atom stereocenters. The smallest absolute Gasteiger partial charge is 0.0877 e. The SMILES string of the molecule is CCCC(CC)CCc1cccc(/N=N/Nc2cccc(CCC(CC)CCC)c2)c1. The van der Waals surface area contributed by atoms with Crippen molar-refractivity contribution in [2.45, 2.75) is 91.9 Å². The summed E-state index contributed by atoms with van der Waals surface area (Å²) in [4.78, 5) is 0. The predicted octanol–water partition coefficient (Wildman–Crippen LogP) is 9.32. The van der Waals surface area contributed by atoms with Crippen LogP contribution < -0.4 is 5.43 Å². The van der Waals surface area contributed by atoms with E-state index < -0.39 is 0 Å². The molecule has 170 valence electrons. The molecule has 0 heterocycles. The Morgan fingerprint density at radius 1 is 0.710 bits per heavy atom. The van der Waals surface area contributed by atoms with E-state index >= 15 is 0 Å². The second kappa shape index (κ2) is 14.8. The summed E-state index contributed by atoms with van der Waals surface area (Å²) in [6.45, 7) is 9.17. The van der Waals surface area contributed by atoms with Gasteiger partial charge in [-0.2, -0.15) is 0 Å². The summed E-state index contributed by atoms with van der Waals surface area (Å²) in [7, 11) is 0. The Morgan fingerprint density at radius 2 is 1.29 bits per heavy atom. The number of benzene rings is 2. The van der Waals surface area contributed by atoms with Gasteiger partial charge in [-0.15, -0.1) is 5.11 Å². The minimum absolute atomic E-state index is 0.832. The van der Waals surface area contributed by atoms with Crippen molar-refractivity contribution in [2.24, 2.45) is 22.2 Å². The number of aryl methyl sites for hydroxylation is 2. The first kappa shape index (κ1) is 25.1. The maximum atomic E-state index is 4.40. The third-order valence-electron chi connectivity index (χ3n) is 6.41. The van der Waals surface area contributed by atoms with E-state index in [1.807, 2.05) is 6.07 Å². The summed E-state index contributed by atoms with van der Waals surface area (Å²) in [6.07, 6.45) is 12.5. The molecule has 0 amide bonds. The maximum Gasteiger partial charge on any atom is 0.0877 e. The molecule has 2 aromatic carbocycles. The largest absolute Gasteiger partial charge is 0.260 e. The van der Waals surface area contributed by atoms with Crippen molar-refractivity contribution in [3.05, 3.63) is 59.7 Å². The van der Waals surface area contributed by atoms with Gasteiger partial charge >= 0.3 is 0 Å². The van der Waals surface area contributed by atoms with Gasteiger partial charge in [-0.1, -0.05) is 95.7 Å². The average molecular weight is 422 g/mol. The van der Waals surface area contributed by atoms with Crippen LogP contribution >= 0.6 is 0 Å². The van der Waals surface area contributed by atoms with E-state index in [0.717, 1.165) is 36.1 Å². The van der Waals surface area contributed by atoms with Crippen LogP contribution in [0.4, 0.5) is 11.4 Å². The van der Waals surface area contributed by atoms with E-state index in [-0.39, 0.29) is 0 Å². The van der Waals surface area contributed by atoms with Gasteiger partial charge in [0.1, 0.15) is 0 Å². The van der Waals surface area contributed by atoms with Crippen LogP contribution in [0.5, 0.6) is 0 Å². The Labute approximate surface area is 190 Å². The van der Waals surface area contributed by atoms with Gasteiger partial charge in [-0.05, 0) is 72.9 Å². The molecular formula is C28H43N3. The molecule has 0 saturated heterocycles. The van der Waals surface area contributed by atoms with Crippen molar-refractivity contribution in [3.63, 3.8) is 0 Å². The van der Waals surface area contributed by atoms with E-state index in [9.17, 15) is 0 Å². The van der Waals surface area contributed by atoms with Gasteiger partial charge in [-0.25, -0.2) is 0 Å². The van der Waals surface area contributed by atoms with Gasteiger partial charge in [-0.3, -0.25) is 5.43 Å². The Morgan fingerprint density at radius 3 is 1.87 bits per heavy atom. The van der Waals surface area contributed by atoms with E-state index in [1.54, 1.807) is 0 Å². The molecule has 0 radical (unpaired) electrons. The van der Waals surface area contributed by atoms with Crippen LogP contribution in [0.15, 0.2) is 58.9 Å². The fourth-order valence-corrected chi connectivity index (χ4v) is 4.37. The molecule has 1 N–H and O–H groups in total. The molecule has 3 nitrogen and oxygen atoms in total. The predicted molar refractivity (Wildman–Crippen MR) is 135 cm³/mol. The zero-order valence-corrected chi connectivity index (χ0v) is 20.2. The quantitative estimate of drug-likeness (QED) is 0.226. The van der Waals surface area contributed by atoms with Crippen LogP contribution in [-0.4, -0.2) is 0 Å². The number of nitrogens with zero attached hydrogens (tertiary/aromatic N) is 2. The van der Waals surface area contributed by atoms with Crippen molar-refractivity contribution >= 4 is 11.4 Å². The van der Waals surface area contributed by atoms with Gasteiger partial charge in [0.05, 0.1) is 11.4 Å². The highest BCUT2D eigenvalue weighted by atomic mass is 15.4. The van der Waals surface area contributed by atoms with Gasteiger partial charge in [0, 0.05) is 0 Å². The summed E-state index contributed by atoms with van der Waals surface area (Å²) < 4.78 is 0. The molecule has 3 heteroatoms. The van der Waals surface area contributed by atoms with Crippen molar-refractivity contribution < 1.29 is 0 Å². The molecule has 0 bridgehead atoms.